The summed E-state index contributed by atoms with van der Waals surface area (Å²) in [5, 5.41) is 38.9. The van der Waals surface area contributed by atoms with Gasteiger partial charge < -0.3 is 15.3 Å². The first kappa shape index (κ1) is 30.4. The van der Waals surface area contributed by atoms with E-state index in [1.807, 2.05) is 109 Å². The Hall–Kier alpha value is -5.65. The molecule has 0 bridgehead atoms. The molecular weight excluding hydrogens is 624 g/mol. The van der Waals surface area contributed by atoms with Crippen molar-refractivity contribution in [3.63, 3.8) is 0 Å². The van der Waals surface area contributed by atoms with E-state index >= 15 is 0 Å². The summed E-state index contributed by atoms with van der Waals surface area (Å²) < 4.78 is 0. The molecule has 46 heavy (non-hydrogen) atoms. The van der Waals surface area contributed by atoms with Crippen LogP contribution >= 0.6 is 0 Å². The van der Waals surface area contributed by atoms with Crippen molar-refractivity contribution >= 4 is 65.0 Å². The number of hydrogen-bond acceptors (Lipinski definition) is 6. The monoisotopic (exact) mass is 649 g/mol. The van der Waals surface area contributed by atoms with E-state index in [2.05, 4.69) is 15.0 Å². The van der Waals surface area contributed by atoms with Gasteiger partial charge in [-0.05, 0) is 68.7 Å². The predicted octanol–water partition coefficient (Wildman–Crippen LogP) is 9.28. The molecule has 0 saturated heterocycles. The molecule has 6 aromatic carbocycles. The zero-order chi connectivity index (χ0) is 30.8. The van der Waals surface area contributed by atoms with Crippen LogP contribution in [-0.2, 0) is 19.5 Å². The molecule has 0 atom stereocenters. The van der Waals surface area contributed by atoms with E-state index in [4.69, 9.17) is 0 Å². The van der Waals surface area contributed by atoms with E-state index in [1.165, 1.54) is 0 Å². The molecule has 9 rings (SSSR count). The Morgan fingerprint density at radius 2 is 0.587 bits per heavy atom. The minimum Gasteiger partial charge on any atom is -0.506 e. The fourth-order valence-corrected chi connectivity index (χ4v) is 5.73. The summed E-state index contributed by atoms with van der Waals surface area (Å²) in [5.41, 5.74) is 1.99. The second-order valence-corrected chi connectivity index (χ2v) is 10.5. The van der Waals surface area contributed by atoms with Crippen molar-refractivity contribution in [2.45, 2.75) is 0 Å². The van der Waals surface area contributed by atoms with Crippen LogP contribution in [0.3, 0.4) is 0 Å². The first-order chi connectivity index (χ1) is 22.1. The first-order valence-electron chi connectivity index (χ1n) is 14.4. The number of aromatic nitrogens is 3. The maximum atomic E-state index is 9.81. The molecule has 9 aromatic rings. The quantitative estimate of drug-likeness (QED) is 0.112. The number of phenols is 3. The number of aromatic hydroxyl groups is 3. The average molecular weight is 651 g/mol. The van der Waals surface area contributed by atoms with Gasteiger partial charge in [0.2, 0.25) is 0 Å². The standard InChI is InChI=1S/3C13H9NO.Zn/c3*15-12-8-9-4-1-2-5-10(9)11-6-3-7-14-13(11)12;/h3*1-8,15H;. The third-order valence-electron chi connectivity index (χ3n) is 7.78. The van der Waals surface area contributed by atoms with E-state index in [-0.39, 0.29) is 36.7 Å². The minimum atomic E-state index is 0. The van der Waals surface area contributed by atoms with Gasteiger partial charge in [-0.2, -0.15) is 0 Å². The summed E-state index contributed by atoms with van der Waals surface area (Å²) in [7, 11) is 0. The fourth-order valence-electron chi connectivity index (χ4n) is 5.73. The second kappa shape index (κ2) is 13.1. The molecule has 0 amide bonds. The summed E-state index contributed by atoms with van der Waals surface area (Å²) in [5.74, 6) is 0.720. The molecule has 3 heterocycles. The Labute approximate surface area is 277 Å². The Kier molecular flexibility index (Phi) is 8.68. The van der Waals surface area contributed by atoms with Crippen molar-refractivity contribution in [1.82, 2.24) is 15.0 Å². The van der Waals surface area contributed by atoms with Crippen LogP contribution in [0, 0.1) is 0 Å². The van der Waals surface area contributed by atoms with Crippen molar-refractivity contribution < 1.29 is 34.8 Å². The van der Waals surface area contributed by atoms with Crippen molar-refractivity contribution in [2.75, 3.05) is 0 Å². The molecule has 0 radical (unpaired) electrons. The van der Waals surface area contributed by atoms with Crippen LogP contribution in [0.4, 0.5) is 0 Å². The smallest absolute Gasteiger partial charge is 0.142 e. The van der Waals surface area contributed by atoms with Crippen LogP contribution in [0.15, 0.2) is 146 Å². The molecule has 0 saturated carbocycles. The minimum absolute atomic E-state index is 0. The van der Waals surface area contributed by atoms with E-state index in [0.29, 0.717) is 16.6 Å². The molecule has 0 unspecified atom stereocenters. The number of rotatable bonds is 0. The largest absolute Gasteiger partial charge is 0.506 e. The van der Waals surface area contributed by atoms with Crippen LogP contribution in [0.5, 0.6) is 17.2 Å². The number of fused-ring (bicyclic) bond motifs is 9. The predicted molar refractivity (Wildman–Crippen MR) is 183 cm³/mol. The van der Waals surface area contributed by atoms with Crippen LogP contribution in [0.1, 0.15) is 0 Å². The third-order valence-corrected chi connectivity index (χ3v) is 7.78. The van der Waals surface area contributed by atoms with E-state index < -0.39 is 0 Å². The maximum Gasteiger partial charge on any atom is 0.142 e. The van der Waals surface area contributed by atoms with Gasteiger partial charge in [-0.15, -0.1) is 0 Å². The van der Waals surface area contributed by atoms with Crippen LogP contribution in [0.25, 0.3) is 65.0 Å². The normalized spacial score (nSPS) is 10.7. The Balaban J connectivity index is 0.000000120. The molecule has 0 aliphatic heterocycles. The molecule has 0 fully saturated rings. The second-order valence-electron chi connectivity index (χ2n) is 10.5. The van der Waals surface area contributed by atoms with Gasteiger partial charge in [-0.25, -0.2) is 0 Å². The molecular formula is C39H27N3O3Zn. The van der Waals surface area contributed by atoms with Crippen molar-refractivity contribution in [3.8, 4) is 17.2 Å². The van der Waals surface area contributed by atoms with Gasteiger partial charge in [0.15, 0.2) is 0 Å². The number of phenolic OH excluding ortho intramolecular Hbond substituents is 3. The zero-order valence-electron chi connectivity index (χ0n) is 24.7. The number of nitrogens with zero attached hydrogens (tertiary/aromatic N) is 3. The number of benzene rings is 6. The zero-order valence-corrected chi connectivity index (χ0v) is 27.7. The maximum absolute atomic E-state index is 9.81. The Morgan fingerprint density at radius 1 is 0.326 bits per heavy atom. The summed E-state index contributed by atoms with van der Waals surface area (Å²) >= 11 is 0. The molecule has 3 aromatic heterocycles. The van der Waals surface area contributed by atoms with E-state index in [1.54, 1.807) is 36.8 Å². The van der Waals surface area contributed by atoms with Crippen molar-refractivity contribution in [1.29, 1.82) is 0 Å². The number of hydrogen-bond donors (Lipinski definition) is 3. The van der Waals surface area contributed by atoms with Crippen LogP contribution in [-0.4, -0.2) is 30.3 Å². The van der Waals surface area contributed by atoms with Gasteiger partial charge in [0, 0.05) is 54.2 Å². The average Bonchev–Trinajstić information content (AvgIpc) is 3.09. The summed E-state index contributed by atoms with van der Waals surface area (Å²) in [4.78, 5) is 12.5. The molecule has 6 nitrogen and oxygen atoms in total. The van der Waals surface area contributed by atoms with E-state index in [9.17, 15) is 15.3 Å². The summed E-state index contributed by atoms with van der Waals surface area (Å²) in [6.07, 6.45) is 5.07. The SMILES string of the molecule is Oc1cc2ccccc2c2cccnc12.Oc1cc2ccccc2c2cccnc12.Oc1cc2ccccc2c2cccnc12.[Zn]. The van der Waals surface area contributed by atoms with Gasteiger partial charge >= 0.3 is 0 Å². The van der Waals surface area contributed by atoms with Crippen LogP contribution < -0.4 is 0 Å². The topological polar surface area (TPSA) is 99.4 Å². The molecule has 218 valence electrons. The van der Waals surface area contributed by atoms with Gasteiger partial charge in [0.05, 0.1) is 0 Å². The fraction of sp³-hybridized carbons (Fsp3) is 0. The molecule has 7 heteroatoms. The summed E-state index contributed by atoms with van der Waals surface area (Å²) in [6, 6.07) is 40.8. The van der Waals surface area contributed by atoms with E-state index in [0.717, 1.165) is 48.5 Å². The Bertz CT molecular complexity index is 2220. The summed E-state index contributed by atoms with van der Waals surface area (Å²) in [6.45, 7) is 0. The van der Waals surface area contributed by atoms with Crippen LogP contribution in [0.2, 0.25) is 0 Å². The van der Waals surface area contributed by atoms with Crippen molar-refractivity contribution in [2.24, 2.45) is 0 Å². The van der Waals surface area contributed by atoms with Gasteiger partial charge in [-0.3, -0.25) is 15.0 Å². The molecule has 0 aliphatic carbocycles. The van der Waals surface area contributed by atoms with Crippen molar-refractivity contribution in [3.05, 3.63) is 146 Å². The van der Waals surface area contributed by atoms with Gasteiger partial charge in [-0.1, -0.05) is 91.0 Å². The molecule has 3 N–H and O–H groups in total. The first-order valence-corrected chi connectivity index (χ1v) is 14.4. The molecule has 0 aliphatic rings. The van der Waals surface area contributed by atoms with Gasteiger partial charge in [0.1, 0.15) is 33.8 Å². The Morgan fingerprint density at radius 3 is 0.891 bits per heavy atom. The number of pyridine rings is 3. The molecule has 0 spiro atoms. The van der Waals surface area contributed by atoms with Gasteiger partial charge in [0.25, 0.3) is 0 Å². The third kappa shape index (κ3) is 5.76.